The predicted molar refractivity (Wildman–Crippen MR) is 135 cm³/mol. The van der Waals surface area contributed by atoms with Gasteiger partial charge in [-0.3, -0.25) is 9.59 Å². The predicted octanol–water partition coefficient (Wildman–Crippen LogP) is 2.19. The molecule has 10 heteroatoms. The molecule has 2 aliphatic rings. The first kappa shape index (κ1) is 28.7. The van der Waals surface area contributed by atoms with Gasteiger partial charge in [0.05, 0.1) is 38.5 Å². The lowest BCUT2D eigenvalue weighted by atomic mass is 9.90. The van der Waals surface area contributed by atoms with Crippen LogP contribution in [-0.4, -0.2) is 80.4 Å². The summed E-state index contributed by atoms with van der Waals surface area (Å²) in [6, 6.07) is 0.430. The molecule has 34 heavy (non-hydrogen) atoms. The van der Waals surface area contributed by atoms with Crippen LogP contribution < -0.4 is 21.3 Å². The molecule has 0 radical (unpaired) electrons. The Hall–Kier alpha value is -1.52. The molecule has 0 aromatic carbocycles. The van der Waals surface area contributed by atoms with E-state index in [2.05, 4.69) is 42.0 Å². The minimum Gasteiger partial charge on any atom is -0.377 e. The van der Waals surface area contributed by atoms with Crippen LogP contribution in [0.15, 0.2) is 0 Å². The van der Waals surface area contributed by atoms with Gasteiger partial charge in [0.1, 0.15) is 0 Å². The van der Waals surface area contributed by atoms with Crippen LogP contribution in [0.4, 0.5) is 4.79 Å². The van der Waals surface area contributed by atoms with E-state index in [1.807, 2.05) is 11.8 Å². The fourth-order valence-corrected chi connectivity index (χ4v) is 5.62. The van der Waals surface area contributed by atoms with E-state index in [0.29, 0.717) is 57.6 Å². The van der Waals surface area contributed by atoms with Gasteiger partial charge in [0, 0.05) is 36.9 Å². The summed E-state index contributed by atoms with van der Waals surface area (Å²) in [7, 11) is 0. The first-order chi connectivity index (χ1) is 16.2. The average Bonchev–Trinajstić information content (AvgIpc) is 3.31. The molecule has 2 aliphatic heterocycles. The van der Waals surface area contributed by atoms with E-state index in [1.54, 1.807) is 0 Å². The molecule has 0 aliphatic carbocycles. The molecule has 2 saturated heterocycles. The zero-order valence-electron chi connectivity index (χ0n) is 21.1. The van der Waals surface area contributed by atoms with E-state index < -0.39 is 0 Å². The van der Waals surface area contributed by atoms with Gasteiger partial charge in [-0.05, 0) is 31.1 Å². The Labute approximate surface area is 208 Å². The summed E-state index contributed by atoms with van der Waals surface area (Å²) < 4.78 is 10.9. The molecule has 0 bridgehead atoms. The molecule has 2 rings (SSSR count). The number of ether oxygens (including phenoxy) is 2. The van der Waals surface area contributed by atoms with Crippen LogP contribution in [0, 0.1) is 5.41 Å². The summed E-state index contributed by atoms with van der Waals surface area (Å²) in [4.78, 5) is 35.1. The molecule has 2 fully saturated rings. The normalized spacial score (nSPS) is 21.6. The number of unbranched alkanes of at least 4 members (excludes halogenated alkanes) is 1. The number of urea groups is 1. The number of rotatable bonds is 17. The second-order valence-electron chi connectivity index (χ2n) is 10.2. The monoisotopic (exact) mass is 500 g/mol. The molecule has 196 valence electrons. The minimum absolute atomic E-state index is 0.0471. The molecule has 9 nitrogen and oxygen atoms in total. The fraction of sp³-hybridized carbons (Fsp3) is 0.875. The van der Waals surface area contributed by atoms with Crippen LogP contribution in [-0.2, 0) is 19.1 Å². The molecule has 4 amide bonds. The first-order valence-electron chi connectivity index (χ1n) is 12.6. The second-order valence-corrected chi connectivity index (χ2v) is 11.5. The van der Waals surface area contributed by atoms with Crippen molar-refractivity contribution < 1.29 is 23.9 Å². The van der Waals surface area contributed by atoms with Gasteiger partial charge in [-0.15, -0.1) is 0 Å². The summed E-state index contributed by atoms with van der Waals surface area (Å²) in [6.45, 7) is 9.38. The van der Waals surface area contributed by atoms with Crippen molar-refractivity contribution in [1.29, 1.82) is 0 Å². The number of carbonyl (C=O) groups is 3. The van der Waals surface area contributed by atoms with E-state index in [4.69, 9.17) is 9.47 Å². The van der Waals surface area contributed by atoms with Crippen molar-refractivity contribution in [2.45, 2.75) is 83.1 Å². The van der Waals surface area contributed by atoms with Crippen molar-refractivity contribution in [2.75, 3.05) is 45.3 Å². The molecule has 2 heterocycles. The van der Waals surface area contributed by atoms with Gasteiger partial charge in [0.2, 0.25) is 11.8 Å². The Balaban J connectivity index is 1.32. The van der Waals surface area contributed by atoms with Gasteiger partial charge < -0.3 is 30.7 Å². The van der Waals surface area contributed by atoms with Crippen molar-refractivity contribution in [3.05, 3.63) is 0 Å². The molecule has 3 atom stereocenters. The summed E-state index contributed by atoms with van der Waals surface area (Å²) >= 11 is 1.90. The van der Waals surface area contributed by atoms with E-state index in [-0.39, 0.29) is 35.3 Å². The van der Waals surface area contributed by atoms with Gasteiger partial charge >= 0.3 is 6.03 Å². The lowest BCUT2D eigenvalue weighted by Crippen LogP contribution is -2.36. The number of fused-ring (bicyclic) bond motifs is 1. The van der Waals surface area contributed by atoms with E-state index in [1.165, 1.54) is 0 Å². The van der Waals surface area contributed by atoms with E-state index in [0.717, 1.165) is 37.9 Å². The van der Waals surface area contributed by atoms with Gasteiger partial charge in [-0.25, -0.2) is 4.79 Å². The Bertz CT molecular complexity index is 643. The molecular weight excluding hydrogens is 456 g/mol. The number of amides is 4. The topological polar surface area (TPSA) is 118 Å². The van der Waals surface area contributed by atoms with Gasteiger partial charge in [0.25, 0.3) is 0 Å². The molecule has 0 aromatic rings. The Morgan fingerprint density at radius 2 is 1.56 bits per heavy atom. The summed E-state index contributed by atoms with van der Waals surface area (Å²) in [5.41, 5.74) is 0.264. The average molecular weight is 501 g/mol. The van der Waals surface area contributed by atoms with Crippen molar-refractivity contribution >= 4 is 29.6 Å². The Morgan fingerprint density at radius 3 is 2.18 bits per heavy atom. The van der Waals surface area contributed by atoms with Crippen molar-refractivity contribution in [2.24, 2.45) is 5.41 Å². The lowest BCUT2D eigenvalue weighted by molar-refractivity contribution is -0.122. The van der Waals surface area contributed by atoms with Crippen LogP contribution in [0.25, 0.3) is 0 Å². The zero-order chi connectivity index (χ0) is 24.8. The fourth-order valence-electron chi connectivity index (χ4n) is 4.08. The molecule has 0 saturated carbocycles. The largest absolute Gasteiger partial charge is 0.377 e. The standard InChI is InChI=1S/C24H44N4O5S/c1-24(2,3)10-6-9-21(30)26-12-14-33-16-15-32-13-11-25-20(29)8-5-4-7-19-22-18(17-34-19)27-23(31)28-22/h18-19,22H,4-17H2,1-3H3,(H,25,29)(H,26,30)(H2,27,28,31). The van der Waals surface area contributed by atoms with E-state index >= 15 is 0 Å². The highest BCUT2D eigenvalue weighted by Gasteiger charge is 2.42. The molecule has 4 N–H and O–H groups in total. The molecule has 3 unspecified atom stereocenters. The maximum atomic E-state index is 11.9. The number of thioether (sulfide) groups is 1. The van der Waals surface area contributed by atoms with E-state index in [9.17, 15) is 14.4 Å². The highest BCUT2D eigenvalue weighted by atomic mass is 32.2. The Kier molecular flexibility index (Phi) is 13.1. The number of hydrogen-bond donors (Lipinski definition) is 4. The highest BCUT2D eigenvalue weighted by Crippen LogP contribution is 2.33. The summed E-state index contributed by atoms with van der Waals surface area (Å²) in [5, 5.41) is 12.1. The molecular formula is C24H44N4O5S. The van der Waals surface area contributed by atoms with Crippen LogP contribution in [0.2, 0.25) is 0 Å². The van der Waals surface area contributed by atoms with Crippen molar-refractivity contribution in [3.63, 3.8) is 0 Å². The minimum atomic E-state index is -0.0561. The van der Waals surface area contributed by atoms with Gasteiger partial charge in [-0.1, -0.05) is 27.2 Å². The Morgan fingerprint density at radius 1 is 0.941 bits per heavy atom. The third kappa shape index (κ3) is 12.3. The van der Waals surface area contributed by atoms with Crippen LogP contribution in [0.5, 0.6) is 0 Å². The SMILES string of the molecule is CC(C)(C)CCCC(=O)NCCOCCOCCNC(=O)CCCCC1SCC2NC(=O)NC21. The number of nitrogens with one attached hydrogen (secondary N) is 4. The first-order valence-corrected chi connectivity index (χ1v) is 13.7. The lowest BCUT2D eigenvalue weighted by Gasteiger charge is -2.17. The quantitative estimate of drug-likeness (QED) is 0.180. The maximum absolute atomic E-state index is 11.9. The zero-order valence-corrected chi connectivity index (χ0v) is 21.9. The number of hydrogen-bond acceptors (Lipinski definition) is 6. The molecule has 0 spiro atoms. The maximum Gasteiger partial charge on any atom is 0.315 e. The summed E-state index contributed by atoms with van der Waals surface area (Å²) in [5.74, 6) is 1.09. The highest BCUT2D eigenvalue weighted by molar-refractivity contribution is 8.00. The summed E-state index contributed by atoms with van der Waals surface area (Å²) in [6.07, 6.45) is 5.87. The van der Waals surface area contributed by atoms with Gasteiger partial charge in [0.15, 0.2) is 0 Å². The van der Waals surface area contributed by atoms with Crippen molar-refractivity contribution in [1.82, 2.24) is 21.3 Å². The van der Waals surface area contributed by atoms with Crippen LogP contribution in [0.1, 0.15) is 65.7 Å². The van der Waals surface area contributed by atoms with Crippen LogP contribution >= 0.6 is 11.8 Å². The third-order valence-electron chi connectivity index (χ3n) is 5.92. The number of carbonyl (C=O) groups excluding carboxylic acids is 3. The smallest absolute Gasteiger partial charge is 0.315 e. The van der Waals surface area contributed by atoms with Crippen LogP contribution in [0.3, 0.4) is 0 Å². The second kappa shape index (κ2) is 15.5. The van der Waals surface area contributed by atoms with Crippen molar-refractivity contribution in [3.8, 4) is 0 Å². The van der Waals surface area contributed by atoms with Gasteiger partial charge in [-0.2, -0.15) is 11.8 Å². The third-order valence-corrected chi connectivity index (χ3v) is 7.43. The molecule has 0 aromatic heterocycles.